The van der Waals surface area contributed by atoms with Gasteiger partial charge in [0.1, 0.15) is 0 Å². The van der Waals surface area contributed by atoms with Crippen LogP contribution in [0.25, 0.3) is 0 Å². The summed E-state index contributed by atoms with van der Waals surface area (Å²) in [5.41, 5.74) is 0. The maximum atomic E-state index is 12.2. The molecule has 2 unspecified atom stereocenters. The molecular weight excluding hydrogens is 687 g/mol. The Bertz CT molecular complexity index is 1240. The van der Waals surface area contributed by atoms with E-state index in [4.69, 9.17) is 0 Å². The molecule has 4 heteroatoms. The molecule has 3 N–H and O–H groups in total. The number of nitrogens with one attached hydrogen (secondary N) is 1. The molecule has 0 aliphatic carbocycles. The molecule has 0 spiro atoms. The van der Waals surface area contributed by atoms with E-state index in [0.717, 1.165) is 116 Å². The number of aliphatic hydroxyl groups is 2. The van der Waals surface area contributed by atoms with Crippen molar-refractivity contribution in [1.29, 1.82) is 0 Å². The van der Waals surface area contributed by atoms with Crippen molar-refractivity contribution in [2.75, 3.05) is 6.61 Å². The third-order valence-electron chi connectivity index (χ3n) is 8.83. The molecule has 0 fully saturated rings. The summed E-state index contributed by atoms with van der Waals surface area (Å²) in [5.74, 6) is -0.0989. The summed E-state index contributed by atoms with van der Waals surface area (Å²) in [6.07, 6.45) is 74.2. The zero-order chi connectivity index (χ0) is 40.7. The molecule has 0 aliphatic rings. The maximum absolute atomic E-state index is 12.2. The highest BCUT2D eigenvalue weighted by Gasteiger charge is 2.17. The third kappa shape index (κ3) is 41.4. The Balaban J connectivity index is 3.69. The second-order valence-corrected chi connectivity index (χ2v) is 14.0. The molecule has 4 nitrogen and oxygen atoms in total. The van der Waals surface area contributed by atoms with Crippen LogP contribution in [0.5, 0.6) is 0 Å². The molecule has 56 heavy (non-hydrogen) atoms. The van der Waals surface area contributed by atoms with Crippen molar-refractivity contribution in [1.82, 2.24) is 5.32 Å². The molecule has 0 bridgehead atoms. The van der Waals surface area contributed by atoms with Crippen LogP contribution in [0, 0.1) is 0 Å². The number of carbonyl (C=O) groups excluding carboxylic acids is 1. The Kier molecular flexibility index (Phi) is 42.6. The van der Waals surface area contributed by atoms with E-state index in [-0.39, 0.29) is 12.5 Å². The number of carbonyl (C=O) groups is 1. The van der Waals surface area contributed by atoms with Crippen LogP contribution in [0.3, 0.4) is 0 Å². The Hall–Kier alpha value is -3.73. The minimum absolute atomic E-state index is 0.0989. The lowest BCUT2D eigenvalue weighted by molar-refractivity contribution is -0.123. The van der Waals surface area contributed by atoms with Crippen molar-refractivity contribution in [2.24, 2.45) is 0 Å². The first-order valence-electron chi connectivity index (χ1n) is 22.0. The molecule has 312 valence electrons. The smallest absolute Gasteiger partial charge is 0.220 e. The molecule has 0 rings (SSSR count). The fourth-order valence-corrected chi connectivity index (χ4v) is 5.47. The van der Waals surface area contributed by atoms with Gasteiger partial charge in [-0.15, -0.1) is 0 Å². The molecule has 2 atom stereocenters. The van der Waals surface area contributed by atoms with Crippen molar-refractivity contribution in [3.8, 4) is 0 Å². The van der Waals surface area contributed by atoms with Crippen LogP contribution in [0.1, 0.15) is 155 Å². The fourth-order valence-electron chi connectivity index (χ4n) is 5.47. The van der Waals surface area contributed by atoms with E-state index < -0.39 is 12.1 Å². The predicted molar refractivity (Wildman–Crippen MR) is 248 cm³/mol. The summed E-state index contributed by atoms with van der Waals surface area (Å²) in [4.78, 5) is 12.2. The van der Waals surface area contributed by atoms with E-state index >= 15 is 0 Å². The summed E-state index contributed by atoms with van der Waals surface area (Å²) in [7, 11) is 0. The number of amides is 1. The van der Waals surface area contributed by atoms with Crippen molar-refractivity contribution in [3.63, 3.8) is 0 Å². The van der Waals surface area contributed by atoms with E-state index in [1.165, 1.54) is 19.3 Å². The van der Waals surface area contributed by atoms with E-state index in [9.17, 15) is 15.0 Å². The van der Waals surface area contributed by atoms with Crippen LogP contribution < -0.4 is 5.32 Å². The quantitative estimate of drug-likeness (QED) is 0.0435. The zero-order valence-corrected chi connectivity index (χ0v) is 35.6. The Morgan fingerprint density at radius 1 is 0.446 bits per heavy atom. The lowest BCUT2D eigenvalue weighted by Gasteiger charge is -2.19. The molecule has 0 heterocycles. The highest BCUT2D eigenvalue weighted by atomic mass is 16.3. The summed E-state index contributed by atoms with van der Waals surface area (Å²) in [6, 6.07) is -0.639. The van der Waals surface area contributed by atoms with Gasteiger partial charge in [0.25, 0.3) is 0 Å². The van der Waals surface area contributed by atoms with Crippen LogP contribution in [-0.2, 0) is 4.79 Å². The predicted octanol–water partition coefficient (Wildman–Crippen LogP) is 14.1. The zero-order valence-electron chi connectivity index (χ0n) is 35.6. The van der Waals surface area contributed by atoms with Gasteiger partial charge in [0.2, 0.25) is 5.91 Å². The second-order valence-electron chi connectivity index (χ2n) is 14.0. The first-order chi connectivity index (χ1) is 27.7. The lowest BCUT2D eigenvalue weighted by Crippen LogP contribution is -2.45. The molecule has 0 radical (unpaired) electrons. The average Bonchev–Trinajstić information content (AvgIpc) is 3.20. The van der Waals surface area contributed by atoms with E-state index in [1.54, 1.807) is 6.08 Å². The molecule has 0 aromatic rings. The molecule has 1 amide bonds. The van der Waals surface area contributed by atoms with Crippen molar-refractivity contribution < 1.29 is 15.0 Å². The fraction of sp³-hybridized carbons (Fsp3) is 0.519. The summed E-state index contributed by atoms with van der Waals surface area (Å²) in [5, 5.41) is 22.6. The molecule has 0 aliphatic heterocycles. The van der Waals surface area contributed by atoms with Gasteiger partial charge in [0, 0.05) is 6.42 Å². The van der Waals surface area contributed by atoms with Gasteiger partial charge in [-0.1, -0.05) is 192 Å². The van der Waals surface area contributed by atoms with Crippen LogP contribution in [-0.4, -0.2) is 34.9 Å². The van der Waals surface area contributed by atoms with Crippen molar-refractivity contribution in [2.45, 2.75) is 167 Å². The second kappa shape index (κ2) is 45.7. The lowest BCUT2D eigenvalue weighted by atomic mass is 10.1. The standard InChI is InChI=1S/C52H81NO3/c1-3-5-7-9-10-11-12-13-14-15-16-17-18-19-20-21-22-23-24-25-26-27-28-29-30-31-32-33-34-35-36-37-38-39-40-41-42-44-46-48-52(56)53-50(49-54)51(55)47-45-43-8-6-4-2/h5,7,10-11,13-14,16-17,19-20,22-23,25-26,28-29,31-32,34-35,37-38,45,47,50-51,54-55H,3-4,6,8-9,12,15,18,21,24,27,30,33,36,39-44,46,48-49H2,1-2H3,(H,53,56)/b7-5-,11-10-,14-13-,17-16-,20-19-,23-22-,26-25-,29-28-,32-31-,35-34-,38-37-,47-45+. The van der Waals surface area contributed by atoms with Gasteiger partial charge in [0.15, 0.2) is 0 Å². The van der Waals surface area contributed by atoms with E-state index in [0.29, 0.717) is 6.42 Å². The van der Waals surface area contributed by atoms with Gasteiger partial charge in [-0.05, 0) is 103 Å². The Morgan fingerprint density at radius 2 is 0.786 bits per heavy atom. The van der Waals surface area contributed by atoms with Gasteiger partial charge in [-0.3, -0.25) is 4.79 Å². The molecule has 0 aromatic heterocycles. The topological polar surface area (TPSA) is 69.6 Å². The molecule has 0 saturated heterocycles. The third-order valence-corrected chi connectivity index (χ3v) is 8.83. The van der Waals surface area contributed by atoms with Crippen LogP contribution in [0.4, 0.5) is 0 Å². The Morgan fingerprint density at radius 3 is 1.18 bits per heavy atom. The van der Waals surface area contributed by atoms with Crippen molar-refractivity contribution >= 4 is 5.91 Å². The molecule has 0 saturated carbocycles. The Labute approximate surface area is 344 Å². The summed E-state index contributed by atoms with van der Waals surface area (Å²) in [6.45, 7) is 4.05. The largest absolute Gasteiger partial charge is 0.394 e. The summed E-state index contributed by atoms with van der Waals surface area (Å²) < 4.78 is 0. The van der Waals surface area contributed by atoms with E-state index in [1.807, 2.05) is 6.08 Å². The summed E-state index contributed by atoms with van der Waals surface area (Å²) >= 11 is 0. The average molecular weight is 768 g/mol. The molecular formula is C52H81NO3. The number of allylic oxidation sites excluding steroid dienone is 23. The minimum Gasteiger partial charge on any atom is -0.394 e. The van der Waals surface area contributed by atoms with Crippen molar-refractivity contribution in [3.05, 3.63) is 146 Å². The normalized spacial score (nSPS) is 14.4. The van der Waals surface area contributed by atoms with Gasteiger partial charge >= 0.3 is 0 Å². The maximum Gasteiger partial charge on any atom is 0.220 e. The van der Waals surface area contributed by atoms with E-state index in [2.05, 4.69) is 153 Å². The van der Waals surface area contributed by atoms with Crippen LogP contribution in [0.2, 0.25) is 0 Å². The first kappa shape index (κ1) is 52.3. The molecule has 0 aromatic carbocycles. The van der Waals surface area contributed by atoms with Gasteiger partial charge in [-0.25, -0.2) is 0 Å². The number of rotatable bonds is 37. The van der Waals surface area contributed by atoms with Crippen LogP contribution in [0.15, 0.2) is 146 Å². The number of unbranched alkanes of at least 4 members (excludes halogenated alkanes) is 8. The van der Waals surface area contributed by atoms with Gasteiger partial charge in [-0.2, -0.15) is 0 Å². The number of aliphatic hydroxyl groups excluding tert-OH is 2. The highest BCUT2D eigenvalue weighted by molar-refractivity contribution is 5.76. The van der Waals surface area contributed by atoms with Crippen LogP contribution >= 0.6 is 0 Å². The SMILES string of the molecule is CC/C=C\C/C=C\C/C=C\C/C=C\C/C=C\C/C=C\C/C=C\C/C=C\C/C=C\C/C=C\C/C=C\CCCCCCCC(=O)NC(CO)C(O)/C=C/CCCCC. The van der Waals surface area contributed by atoms with Gasteiger partial charge in [0.05, 0.1) is 18.8 Å². The number of hydrogen-bond donors (Lipinski definition) is 3. The highest BCUT2D eigenvalue weighted by Crippen LogP contribution is 2.09. The monoisotopic (exact) mass is 768 g/mol. The van der Waals surface area contributed by atoms with Gasteiger partial charge < -0.3 is 15.5 Å². The minimum atomic E-state index is -0.853. The number of hydrogen-bond acceptors (Lipinski definition) is 3. The first-order valence-corrected chi connectivity index (χ1v) is 22.0.